The third-order valence-electron chi connectivity index (χ3n) is 6.50. The maximum atomic E-state index is 12.6. The summed E-state index contributed by atoms with van der Waals surface area (Å²) in [6.45, 7) is 0. The fraction of sp³-hybridized carbons (Fsp3) is 0.682. The molecular weight excluding hydrogens is 372 g/mol. The first kappa shape index (κ1) is 20.1. The molecule has 29 heavy (non-hydrogen) atoms. The zero-order valence-electron chi connectivity index (χ0n) is 16.7. The van der Waals surface area contributed by atoms with E-state index in [1.807, 2.05) is 12.2 Å². The van der Waals surface area contributed by atoms with Crippen molar-refractivity contribution in [3.05, 3.63) is 30.0 Å². The van der Waals surface area contributed by atoms with Crippen molar-refractivity contribution in [1.82, 2.24) is 10.3 Å². The molecule has 1 aromatic rings. The molecule has 7 nitrogen and oxygen atoms in total. The van der Waals surface area contributed by atoms with Crippen LogP contribution >= 0.6 is 0 Å². The molecule has 2 N–H and O–H groups in total. The van der Waals surface area contributed by atoms with Crippen LogP contribution in [0.25, 0.3) is 0 Å². The van der Waals surface area contributed by atoms with Crippen LogP contribution in [0.2, 0.25) is 0 Å². The predicted octanol–water partition coefficient (Wildman–Crippen LogP) is 3.81. The lowest BCUT2D eigenvalue weighted by Gasteiger charge is -2.24. The highest BCUT2D eigenvalue weighted by molar-refractivity contribution is 5.92. The number of aliphatic carboxylic acids is 1. The number of carbonyl (C=O) groups is 2. The Balaban J connectivity index is 1.38. The molecule has 4 rings (SSSR count). The molecule has 3 heterocycles. The average molecular weight is 402 g/mol. The van der Waals surface area contributed by atoms with Crippen LogP contribution < -0.4 is 5.32 Å². The lowest BCUT2D eigenvalue weighted by molar-refractivity contribution is -0.136. The van der Waals surface area contributed by atoms with Gasteiger partial charge in [0.2, 0.25) is 5.89 Å². The van der Waals surface area contributed by atoms with Crippen molar-refractivity contribution in [3.8, 4) is 0 Å². The molecule has 3 fully saturated rings. The Morgan fingerprint density at radius 3 is 2.72 bits per heavy atom. The Morgan fingerprint density at radius 2 is 1.93 bits per heavy atom. The van der Waals surface area contributed by atoms with Crippen LogP contribution in [0.1, 0.15) is 86.5 Å². The Bertz CT molecular complexity index is 752. The monoisotopic (exact) mass is 402 g/mol. The van der Waals surface area contributed by atoms with Gasteiger partial charge in [-0.1, -0.05) is 31.4 Å². The number of carbonyl (C=O) groups excluding carboxylic acids is 1. The summed E-state index contributed by atoms with van der Waals surface area (Å²) in [6.07, 6.45) is 14.9. The van der Waals surface area contributed by atoms with Gasteiger partial charge in [0.1, 0.15) is 6.26 Å². The van der Waals surface area contributed by atoms with Crippen LogP contribution in [0.5, 0.6) is 0 Å². The van der Waals surface area contributed by atoms with Crippen molar-refractivity contribution in [2.24, 2.45) is 5.92 Å². The highest BCUT2D eigenvalue weighted by atomic mass is 16.5. The van der Waals surface area contributed by atoms with E-state index in [1.165, 1.54) is 25.5 Å². The van der Waals surface area contributed by atoms with Crippen LogP contribution in [0, 0.1) is 5.92 Å². The van der Waals surface area contributed by atoms with Crippen LogP contribution in [0.15, 0.2) is 22.8 Å². The normalized spacial score (nSPS) is 29.5. The number of carboxylic acids is 1. The van der Waals surface area contributed by atoms with E-state index in [0.29, 0.717) is 18.0 Å². The quantitative estimate of drug-likeness (QED) is 0.641. The van der Waals surface area contributed by atoms with Gasteiger partial charge in [-0.2, -0.15) is 0 Å². The smallest absolute Gasteiger partial charge is 0.303 e. The van der Waals surface area contributed by atoms with Gasteiger partial charge in [0.25, 0.3) is 5.91 Å². The van der Waals surface area contributed by atoms with Crippen molar-refractivity contribution in [3.63, 3.8) is 0 Å². The third kappa shape index (κ3) is 4.71. The van der Waals surface area contributed by atoms with Crippen molar-refractivity contribution in [1.29, 1.82) is 0 Å². The van der Waals surface area contributed by atoms with E-state index in [1.54, 1.807) is 0 Å². The summed E-state index contributed by atoms with van der Waals surface area (Å²) in [5.41, 5.74) is 0.351. The Labute approximate surface area is 170 Å². The number of hydrogen-bond acceptors (Lipinski definition) is 5. The Kier molecular flexibility index (Phi) is 6.33. The fourth-order valence-electron chi connectivity index (χ4n) is 5.05. The van der Waals surface area contributed by atoms with E-state index in [2.05, 4.69) is 10.3 Å². The summed E-state index contributed by atoms with van der Waals surface area (Å²) in [4.78, 5) is 27.7. The third-order valence-corrected chi connectivity index (χ3v) is 6.50. The zero-order valence-corrected chi connectivity index (χ0v) is 16.7. The minimum atomic E-state index is -0.783. The first-order chi connectivity index (χ1) is 14.1. The number of rotatable bonds is 8. The highest BCUT2D eigenvalue weighted by Gasteiger charge is 2.51. The van der Waals surface area contributed by atoms with Crippen LogP contribution in [-0.4, -0.2) is 40.2 Å². The molecule has 0 radical (unpaired) electrons. The zero-order chi connectivity index (χ0) is 20.2. The molecule has 0 spiro atoms. The second-order valence-corrected chi connectivity index (χ2v) is 8.50. The van der Waals surface area contributed by atoms with Gasteiger partial charge in [-0.25, -0.2) is 4.98 Å². The van der Waals surface area contributed by atoms with Gasteiger partial charge in [-0.05, 0) is 38.5 Å². The number of nitrogens with one attached hydrogen (secondary N) is 1. The van der Waals surface area contributed by atoms with E-state index >= 15 is 0 Å². The van der Waals surface area contributed by atoms with Crippen LogP contribution in [0.3, 0.4) is 0 Å². The SMILES string of the molecule is O=C(O)CC/C=C\C[C@@H]1[C@H](c2nc(C(=O)NC3CCCCC3)co2)[C@H]2CC[C@@H]1O2. The molecule has 7 heteroatoms. The second-order valence-electron chi connectivity index (χ2n) is 8.50. The number of aromatic nitrogens is 1. The predicted molar refractivity (Wildman–Crippen MR) is 106 cm³/mol. The molecule has 0 unspecified atom stereocenters. The van der Waals surface area contributed by atoms with E-state index in [4.69, 9.17) is 14.3 Å². The number of ether oxygens (including phenoxy) is 1. The fourth-order valence-corrected chi connectivity index (χ4v) is 5.05. The Hall–Kier alpha value is -2.15. The number of fused-ring (bicyclic) bond motifs is 2. The number of allylic oxidation sites excluding steroid dienone is 2. The lowest BCUT2D eigenvalue weighted by atomic mass is 9.77. The standard InChI is InChI=1S/C22H30N2O5/c25-19(26)10-6-2-5-9-15-17-11-12-18(29-17)20(15)22-24-16(13-28-22)21(27)23-14-7-3-1-4-8-14/h2,5,13-15,17-18,20H,1,3-4,6-12H2,(H,23,27)(H,25,26)/b5-2-/t15-,17-,18+,20-/m0/s1. The number of oxazole rings is 1. The van der Waals surface area contributed by atoms with Crippen molar-refractivity contribution >= 4 is 11.9 Å². The van der Waals surface area contributed by atoms with Gasteiger partial charge in [0.05, 0.1) is 18.1 Å². The first-order valence-corrected chi connectivity index (χ1v) is 10.9. The molecule has 1 aliphatic carbocycles. The molecule has 2 aliphatic heterocycles. The molecule has 158 valence electrons. The van der Waals surface area contributed by atoms with E-state index in [9.17, 15) is 9.59 Å². The van der Waals surface area contributed by atoms with Gasteiger partial charge in [0, 0.05) is 18.4 Å². The molecule has 1 amide bonds. The second kappa shape index (κ2) is 9.11. The topological polar surface area (TPSA) is 102 Å². The average Bonchev–Trinajstić information content (AvgIpc) is 3.44. The van der Waals surface area contributed by atoms with E-state index < -0.39 is 5.97 Å². The highest BCUT2D eigenvalue weighted by Crippen LogP contribution is 2.50. The van der Waals surface area contributed by atoms with Crippen molar-refractivity contribution < 1.29 is 23.8 Å². The number of hydrogen-bond donors (Lipinski definition) is 2. The van der Waals surface area contributed by atoms with Gasteiger partial charge in [-0.3, -0.25) is 9.59 Å². The number of nitrogens with zero attached hydrogens (tertiary/aromatic N) is 1. The minimum Gasteiger partial charge on any atom is -0.481 e. The van der Waals surface area contributed by atoms with Gasteiger partial charge in [-0.15, -0.1) is 0 Å². The lowest BCUT2D eigenvalue weighted by Crippen LogP contribution is -2.36. The largest absolute Gasteiger partial charge is 0.481 e. The number of amides is 1. The summed E-state index contributed by atoms with van der Waals surface area (Å²) in [5.74, 6) is -0.0394. The van der Waals surface area contributed by atoms with Gasteiger partial charge in [0.15, 0.2) is 5.69 Å². The Morgan fingerprint density at radius 1 is 1.14 bits per heavy atom. The summed E-state index contributed by atoms with van der Waals surface area (Å²) >= 11 is 0. The maximum Gasteiger partial charge on any atom is 0.303 e. The molecular formula is C22H30N2O5. The van der Waals surface area contributed by atoms with Crippen molar-refractivity contribution in [2.45, 2.75) is 88.4 Å². The molecule has 1 saturated carbocycles. The maximum absolute atomic E-state index is 12.6. The summed E-state index contributed by atoms with van der Waals surface area (Å²) in [7, 11) is 0. The summed E-state index contributed by atoms with van der Waals surface area (Å²) in [6, 6.07) is 0.242. The number of carboxylic acid groups (broad SMARTS) is 1. The van der Waals surface area contributed by atoms with Gasteiger partial charge < -0.3 is 19.6 Å². The molecule has 2 bridgehead atoms. The van der Waals surface area contributed by atoms with Crippen molar-refractivity contribution in [2.75, 3.05) is 0 Å². The first-order valence-electron chi connectivity index (χ1n) is 10.9. The molecule has 0 aromatic carbocycles. The summed E-state index contributed by atoms with van der Waals surface area (Å²) in [5, 5.41) is 11.8. The van der Waals surface area contributed by atoms with Crippen LogP contribution in [-0.2, 0) is 9.53 Å². The van der Waals surface area contributed by atoms with Gasteiger partial charge >= 0.3 is 5.97 Å². The minimum absolute atomic E-state index is 0.0501. The van der Waals surface area contributed by atoms with Crippen LogP contribution in [0.4, 0.5) is 0 Å². The van der Waals surface area contributed by atoms with E-state index in [-0.39, 0.29) is 42.4 Å². The van der Waals surface area contributed by atoms with E-state index in [0.717, 1.165) is 32.1 Å². The summed E-state index contributed by atoms with van der Waals surface area (Å²) < 4.78 is 11.9. The molecule has 2 saturated heterocycles. The molecule has 3 aliphatic rings. The molecule has 1 aromatic heterocycles. The molecule has 4 atom stereocenters.